The Morgan fingerprint density at radius 3 is 2.04 bits per heavy atom. The topological polar surface area (TPSA) is 71.3 Å². The Kier molecular flexibility index (Phi) is 4.61. The van der Waals surface area contributed by atoms with Crippen LogP contribution in [0.4, 0.5) is 15.8 Å². The van der Waals surface area contributed by atoms with Gasteiger partial charge in [-0.3, -0.25) is 9.59 Å². The van der Waals surface area contributed by atoms with E-state index in [1.165, 1.54) is 19.1 Å². The summed E-state index contributed by atoms with van der Waals surface area (Å²) < 4.78 is 18.5. The molecule has 0 bridgehead atoms. The molecule has 0 saturated carbocycles. The van der Waals surface area contributed by atoms with E-state index in [0.717, 1.165) is 0 Å². The average Bonchev–Trinajstić information content (AvgIpc) is 3.07. The Morgan fingerprint density at radius 2 is 1.44 bits per heavy atom. The van der Waals surface area contributed by atoms with Crippen molar-refractivity contribution in [2.45, 2.75) is 6.92 Å². The number of hydrogen-bond donors (Lipinski definition) is 2. The molecule has 3 rings (SSSR count). The summed E-state index contributed by atoms with van der Waals surface area (Å²) in [6, 6.07) is 15.7. The van der Waals surface area contributed by atoms with Gasteiger partial charge in [0.1, 0.15) is 11.6 Å². The van der Waals surface area contributed by atoms with Crippen molar-refractivity contribution >= 4 is 23.2 Å². The smallest absolute Gasteiger partial charge is 0.291 e. The van der Waals surface area contributed by atoms with Gasteiger partial charge in [0, 0.05) is 23.9 Å². The molecule has 1 aromatic heterocycles. The van der Waals surface area contributed by atoms with E-state index < -0.39 is 5.91 Å². The predicted molar refractivity (Wildman–Crippen MR) is 92.8 cm³/mol. The molecule has 2 aromatic carbocycles. The van der Waals surface area contributed by atoms with Gasteiger partial charge in [0.2, 0.25) is 5.91 Å². The number of furan rings is 1. The minimum absolute atomic E-state index is 0.144. The van der Waals surface area contributed by atoms with Crippen LogP contribution >= 0.6 is 0 Å². The van der Waals surface area contributed by atoms with E-state index in [1.807, 2.05) is 0 Å². The van der Waals surface area contributed by atoms with Gasteiger partial charge < -0.3 is 15.1 Å². The largest absolute Gasteiger partial charge is 0.451 e. The minimum Gasteiger partial charge on any atom is -0.451 e. The Morgan fingerprint density at radius 1 is 0.840 bits per heavy atom. The number of anilines is 2. The molecule has 25 heavy (non-hydrogen) atoms. The first kappa shape index (κ1) is 16.4. The highest BCUT2D eigenvalue weighted by Gasteiger charge is 2.12. The third kappa shape index (κ3) is 4.11. The van der Waals surface area contributed by atoms with Crippen molar-refractivity contribution in [2.75, 3.05) is 10.6 Å². The molecular formula is C19H15FN2O3. The third-order valence-electron chi connectivity index (χ3n) is 3.42. The van der Waals surface area contributed by atoms with Crippen LogP contribution in [0, 0.1) is 5.82 Å². The van der Waals surface area contributed by atoms with Crippen LogP contribution in [-0.4, -0.2) is 11.8 Å². The lowest BCUT2D eigenvalue weighted by molar-refractivity contribution is -0.114. The summed E-state index contributed by atoms with van der Waals surface area (Å²) in [5.74, 6) is -0.284. The lowest BCUT2D eigenvalue weighted by atomic mass is 10.2. The monoisotopic (exact) mass is 338 g/mol. The van der Waals surface area contributed by atoms with E-state index in [9.17, 15) is 14.0 Å². The second-order valence-electron chi connectivity index (χ2n) is 5.38. The summed E-state index contributed by atoms with van der Waals surface area (Å²) in [5, 5.41) is 5.35. The predicted octanol–water partition coefficient (Wildman–Crippen LogP) is 4.30. The normalized spacial score (nSPS) is 10.3. The molecule has 0 aliphatic rings. The van der Waals surface area contributed by atoms with Crippen molar-refractivity contribution in [1.82, 2.24) is 0 Å². The van der Waals surface area contributed by atoms with Gasteiger partial charge in [-0.25, -0.2) is 4.39 Å². The standard InChI is InChI=1S/C19H15FN2O3/c1-12(23)21-15-6-8-16(9-7-15)22-19(24)18-11-10-17(25-18)13-2-4-14(20)5-3-13/h2-11H,1H3,(H,21,23)(H,22,24). The molecule has 0 radical (unpaired) electrons. The zero-order chi connectivity index (χ0) is 17.8. The first-order chi connectivity index (χ1) is 12.0. The maximum Gasteiger partial charge on any atom is 0.291 e. The summed E-state index contributed by atoms with van der Waals surface area (Å²) in [5.41, 5.74) is 1.89. The Hall–Kier alpha value is -3.41. The fourth-order valence-corrected chi connectivity index (χ4v) is 2.26. The molecule has 0 fully saturated rings. The number of amides is 2. The number of nitrogens with one attached hydrogen (secondary N) is 2. The van der Waals surface area contributed by atoms with Gasteiger partial charge in [-0.1, -0.05) is 0 Å². The summed E-state index contributed by atoms with van der Waals surface area (Å²) in [7, 11) is 0. The fourth-order valence-electron chi connectivity index (χ4n) is 2.26. The first-order valence-corrected chi connectivity index (χ1v) is 7.56. The third-order valence-corrected chi connectivity index (χ3v) is 3.42. The summed E-state index contributed by atoms with van der Waals surface area (Å²) in [4.78, 5) is 23.2. The minimum atomic E-state index is -0.402. The SMILES string of the molecule is CC(=O)Nc1ccc(NC(=O)c2ccc(-c3ccc(F)cc3)o2)cc1. The van der Waals surface area contributed by atoms with E-state index in [-0.39, 0.29) is 17.5 Å². The van der Waals surface area contributed by atoms with Crippen molar-refractivity contribution in [1.29, 1.82) is 0 Å². The molecule has 0 aliphatic heterocycles. The molecule has 0 spiro atoms. The quantitative estimate of drug-likeness (QED) is 0.745. The zero-order valence-corrected chi connectivity index (χ0v) is 13.4. The van der Waals surface area contributed by atoms with Crippen LogP contribution in [0.15, 0.2) is 65.1 Å². The maximum atomic E-state index is 13.0. The van der Waals surface area contributed by atoms with E-state index in [1.54, 1.807) is 48.5 Å². The molecule has 126 valence electrons. The molecule has 2 amide bonds. The number of halogens is 1. The highest BCUT2D eigenvalue weighted by molar-refractivity contribution is 6.02. The van der Waals surface area contributed by atoms with E-state index >= 15 is 0 Å². The average molecular weight is 338 g/mol. The molecule has 0 aliphatic carbocycles. The van der Waals surface area contributed by atoms with Crippen LogP contribution in [0.25, 0.3) is 11.3 Å². The highest BCUT2D eigenvalue weighted by atomic mass is 19.1. The first-order valence-electron chi connectivity index (χ1n) is 7.56. The van der Waals surface area contributed by atoms with Crippen molar-refractivity contribution in [3.05, 3.63) is 72.2 Å². The number of rotatable bonds is 4. The van der Waals surface area contributed by atoms with Crippen molar-refractivity contribution in [2.24, 2.45) is 0 Å². The molecule has 2 N–H and O–H groups in total. The molecule has 5 nitrogen and oxygen atoms in total. The molecule has 1 heterocycles. The van der Waals surface area contributed by atoms with Crippen LogP contribution in [0.1, 0.15) is 17.5 Å². The van der Waals surface area contributed by atoms with Crippen LogP contribution < -0.4 is 10.6 Å². The maximum absolute atomic E-state index is 13.0. The fraction of sp³-hybridized carbons (Fsp3) is 0.0526. The Balaban J connectivity index is 1.69. The van der Waals surface area contributed by atoms with Crippen LogP contribution in [-0.2, 0) is 4.79 Å². The molecule has 0 atom stereocenters. The molecule has 0 unspecified atom stereocenters. The van der Waals surface area contributed by atoms with Crippen LogP contribution in [0.3, 0.4) is 0 Å². The van der Waals surface area contributed by atoms with Gasteiger partial charge in [0.15, 0.2) is 5.76 Å². The molecule has 6 heteroatoms. The van der Waals surface area contributed by atoms with Crippen molar-refractivity contribution < 1.29 is 18.4 Å². The Labute approximate surface area is 143 Å². The van der Waals surface area contributed by atoms with Gasteiger partial charge in [0.05, 0.1) is 0 Å². The van der Waals surface area contributed by atoms with Gasteiger partial charge in [-0.05, 0) is 60.7 Å². The Bertz CT molecular complexity index is 899. The second kappa shape index (κ2) is 7.00. The highest BCUT2D eigenvalue weighted by Crippen LogP contribution is 2.23. The van der Waals surface area contributed by atoms with E-state index in [4.69, 9.17) is 4.42 Å². The summed E-state index contributed by atoms with van der Waals surface area (Å²) in [6.07, 6.45) is 0. The van der Waals surface area contributed by atoms with Crippen LogP contribution in [0.2, 0.25) is 0 Å². The number of carbonyl (C=O) groups is 2. The number of carbonyl (C=O) groups excluding carboxylic acids is 2. The second-order valence-corrected chi connectivity index (χ2v) is 5.38. The summed E-state index contributed by atoms with van der Waals surface area (Å²) in [6.45, 7) is 1.42. The molecule has 0 saturated heterocycles. The van der Waals surface area contributed by atoms with E-state index in [0.29, 0.717) is 22.7 Å². The molecular weight excluding hydrogens is 323 g/mol. The molecule has 3 aromatic rings. The zero-order valence-electron chi connectivity index (χ0n) is 13.4. The van der Waals surface area contributed by atoms with Crippen molar-refractivity contribution in [3.8, 4) is 11.3 Å². The van der Waals surface area contributed by atoms with Gasteiger partial charge in [-0.15, -0.1) is 0 Å². The van der Waals surface area contributed by atoms with Gasteiger partial charge in [-0.2, -0.15) is 0 Å². The van der Waals surface area contributed by atoms with Crippen LogP contribution in [0.5, 0.6) is 0 Å². The lowest BCUT2D eigenvalue weighted by Crippen LogP contribution is -2.11. The van der Waals surface area contributed by atoms with E-state index in [2.05, 4.69) is 10.6 Å². The lowest BCUT2D eigenvalue weighted by Gasteiger charge is -2.05. The summed E-state index contributed by atoms with van der Waals surface area (Å²) >= 11 is 0. The van der Waals surface area contributed by atoms with Crippen molar-refractivity contribution in [3.63, 3.8) is 0 Å². The van der Waals surface area contributed by atoms with Gasteiger partial charge >= 0.3 is 0 Å². The number of benzene rings is 2. The van der Waals surface area contributed by atoms with Gasteiger partial charge in [0.25, 0.3) is 5.91 Å². The number of hydrogen-bond acceptors (Lipinski definition) is 3.